The van der Waals surface area contributed by atoms with Crippen molar-refractivity contribution in [3.8, 4) is 0 Å². The minimum absolute atomic E-state index is 0.0280. The van der Waals surface area contributed by atoms with Crippen LogP contribution in [0.5, 0.6) is 0 Å². The predicted molar refractivity (Wildman–Crippen MR) is 98.2 cm³/mol. The van der Waals surface area contributed by atoms with Gasteiger partial charge in [0.1, 0.15) is 5.69 Å². The number of nitrogens with zero attached hydrogens (tertiary/aromatic N) is 1. The molecule has 5 heteroatoms. The predicted octanol–water partition coefficient (Wildman–Crippen LogP) is 3.63. The van der Waals surface area contributed by atoms with Crippen LogP contribution in [0.3, 0.4) is 0 Å². The number of aryl methyl sites for hydroxylation is 1. The third kappa shape index (κ3) is 3.13. The number of aromatic carboxylic acids is 1. The van der Waals surface area contributed by atoms with Crippen molar-refractivity contribution < 1.29 is 14.7 Å². The molecule has 0 saturated heterocycles. The zero-order chi connectivity index (χ0) is 18.0. The lowest BCUT2D eigenvalue weighted by atomic mass is 10.1. The third-order valence-corrected chi connectivity index (χ3v) is 4.46. The quantitative estimate of drug-likeness (QED) is 0.747. The number of rotatable bonds is 5. The molecule has 5 nitrogen and oxygen atoms in total. The Kier molecular flexibility index (Phi) is 4.57. The summed E-state index contributed by atoms with van der Waals surface area (Å²) in [6, 6.07) is 15.1. The van der Waals surface area contributed by atoms with E-state index in [-0.39, 0.29) is 18.0 Å². The molecule has 2 aromatic carbocycles. The van der Waals surface area contributed by atoms with Crippen LogP contribution in [-0.2, 0) is 17.6 Å². The van der Waals surface area contributed by atoms with Crippen molar-refractivity contribution in [3.05, 3.63) is 65.4 Å². The second-order valence-electron chi connectivity index (χ2n) is 5.94. The standard InChI is InChI=1S/C20H20N2O3/c1-3-13-8-4-7-11-17(13)22(2)18(23)12-15-14-9-5-6-10-16(14)21-19(15)20(24)25/h4-11,21H,3,12H2,1-2H3,(H,24,25). The van der Waals surface area contributed by atoms with Crippen molar-refractivity contribution in [1.82, 2.24) is 4.98 Å². The lowest BCUT2D eigenvalue weighted by Gasteiger charge is -2.20. The van der Waals surface area contributed by atoms with Gasteiger partial charge in [-0.25, -0.2) is 4.79 Å². The monoisotopic (exact) mass is 336 g/mol. The highest BCUT2D eigenvalue weighted by atomic mass is 16.4. The fourth-order valence-electron chi connectivity index (χ4n) is 3.11. The minimum atomic E-state index is -1.06. The van der Waals surface area contributed by atoms with Gasteiger partial charge >= 0.3 is 5.97 Å². The number of fused-ring (bicyclic) bond motifs is 1. The number of anilines is 1. The van der Waals surface area contributed by atoms with E-state index in [0.717, 1.165) is 28.6 Å². The number of nitrogens with one attached hydrogen (secondary N) is 1. The summed E-state index contributed by atoms with van der Waals surface area (Å²) in [6.07, 6.45) is 0.849. The van der Waals surface area contributed by atoms with Crippen LogP contribution in [0, 0.1) is 0 Å². The molecule has 2 N–H and O–H groups in total. The molecular weight excluding hydrogens is 316 g/mol. The SMILES string of the molecule is CCc1ccccc1N(C)C(=O)Cc1c(C(=O)O)[nH]c2ccccc12. The Morgan fingerprint density at radius 3 is 2.48 bits per heavy atom. The number of para-hydroxylation sites is 2. The van der Waals surface area contributed by atoms with E-state index in [1.165, 1.54) is 0 Å². The summed E-state index contributed by atoms with van der Waals surface area (Å²) in [5.41, 5.74) is 3.25. The molecule has 3 rings (SSSR count). The molecule has 1 heterocycles. The van der Waals surface area contributed by atoms with Crippen LogP contribution in [0.15, 0.2) is 48.5 Å². The number of benzene rings is 2. The van der Waals surface area contributed by atoms with E-state index in [9.17, 15) is 14.7 Å². The maximum atomic E-state index is 12.8. The van der Waals surface area contributed by atoms with E-state index < -0.39 is 5.97 Å². The molecule has 0 unspecified atom stereocenters. The first kappa shape index (κ1) is 16.8. The number of carbonyl (C=O) groups excluding carboxylic acids is 1. The van der Waals surface area contributed by atoms with Crippen LogP contribution >= 0.6 is 0 Å². The highest BCUT2D eigenvalue weighted by Crippen LogP contribution is 2.25. The first-order valence-electron chi connectivity index (χ1n) is 8.20. The minimum Gasteiger partial charge on any atom is -0.477 e. The molecular formula is C20H20N2O3. The van der Waals surface area contributed by atoms with Crippen LogP contribution < -0.4 is 4.90 Å². The van der Waals surface area contributed by atoms with E-state index in [4.69, 9.17) is 0 Å². The normalized spacial score (nSPS) is 10.8. The zero-order valence-electron chi connectivity index (χ0n) is 14.2. The number of aromatic nitrogens is 1. The Labute approximate surface area is 145 Å². The topological polar surface area (TPSA) is 73.4 Å². The van der Waals surface area contributed by atoms with E-state index >= 15 is 0 Å². The molecule has 0 radical (unpaired) electrons. The van der Waals surface area contributed by atoms with Crippen LogP contribution in [0.1, 0.15) is 28.5 Å². The second-order valence-corrected chi connectivity index (χ2v) is 5.94. The van der Waals surface area contributed by atoms with Gasteiger partial charge in [-0.05, 0) is 24.1 Å². The van der Waals surface area contributed by atoms with E-state index in [2.05, 4.69) is 4.98 Å². The van der Waals surface area contributed by atoms with E-state index in [1.807, 2.05) is 55.5 Å². The van der Waals surface area contributed by atoms with Crippen molar-refractivity contribution in [2.75, 3.05) is 11.9 Å². The van der Waals surface area contributed by atoms with Gasteiger partial charge in [0.2, 0.25) is 5.91 Å². The second kappa shape index (κ2) is 6.81. The molecule has 0 saturated carbocycles. The Morgan fingerprint density at radius 2 is 1.76 bits per heavy atom. The Morgan fingerprint density at radius 1 is 1.08 bits per heavy atom. The summed E-state index contributed by atoms with van der Waals surface area (Å²) in [6.45, 7) is 2.04. The van der Waals surface area contributed by atoms with Gasteiger partial charge in [-0.1, -0.05) is 43.3 Å². The number of carboxylic acids is 1. The molecule has 0 aliphatic heterocycles. The van der Waals surface area contributed by atoms with Gasteiger partial charge in [-0.3, -0.25) is 4.79 Å². The Hall–Kier alpha value is -3.08. The van der Waals surface area contributed by atoms with E-state index in [0.29, 0.717) is 5.56 Å². The number of likely N-dealkylation sites (N-methyl/N-ethyl adjacent to an activating group) is 1. The number of amides is 1. The smallest absolute Gasteiger partial charge is 0.352 e. The molecule has 0 spiro atoms. The number of hydrogen-bond donors (Lipinski definition) is 2. The summed E-state index contributed by atoms with van der Waals surface area (Å²) in [4.78, 5) is 28.9. The van der Waals surface area contributed by atoms with Gasteiger partial charge < -0.3 is 15.0 Å². The van der Waals surface area contributed by atoms with Crippen molar-refractivity contribution in [1.29, 1.82) is 0 Å². The molecule has 25 heavy (non-hydrogen) atoms. The molecule has 0 aliphatic carbocycles. The van der Waals surface area contributed by atoms with Gasteiger partial charge in [0, 0.05) is 29.2 Å². The molecule has 0 atom stereocenters. The van der Waals surface area contributed by atoms with Crippen LogP contribution in [-0.4, -0.2) is 29.0 Å². The summed E-state index contributed by atoms with van der Waals surface area (Å²) < 4.78 is 0. The molecule has 0 fully saturated rings. The molecule has 0 bridgehead atoms. The zero-order valence-corrected chi connectivity index (χ0v) is 14.2. The highest BCUT2D eigenvalue weighted by molar-refractivity contribution is 6.03. The third-order valence-electron chi connectivity index (χ3n) is 4.46. The maximum absolute atomic E-state index is 12.8. The number of carbonyl (C=O) groups is 2. The van der Waals surface area contributed by atoms with Gasteiger partial charge in [-0.15, -0.1) is 0 Å². The van der Waals surface area contributed by atoms with Gasteiger partial charge in [0.15, 0.2) is 0 Å². The number of H-pyrrole nitrogens is 1. The average molecular weight is 336 g/mol. The van der Waals surface area contributed by atoms with Gasteiger partial charge in [-0.2, -0.15) is 0 Å². The Bertz CT molecular complexity index is 943. The van der Waals surface area contributed by atoms with E-state index in [1.54, 1.807) is 11.9 Å². The van der Waals surface area contributed by atoms with Crippen LogP contribution in [0.2, 0.25) is 0 Å². The van der Waals surface area contributed by atoms with Gasteiger partial charge in [0.05, 0.1) is 6.42 Å². The fourth-order valence-corrected chi connectivity index (χ4v) is 3.11. The number of hydrogen-bond acceptors (Lipinski definition) is 2. The van der Waals surface area contributed by atoms with Crippen LogP contribution in [0.25, 0.3) is 10.9 Å². The Balaban J connectivity index is 1.97. The molecule has 1 aromatic heterocycles. The highest BCUT2D eigenvalue weighted by Gasteiger charge is 2.22. The van der Waals surface area contributed by atoms with Crippen LogP contribution in [0.4, 0.5) is 5.69 Å². The van der Waals surface area contributed by atoms with Crippen molar-refractivity contribution in [2.45, 2.75) is 19.8 Å². The number of carboxylic acid groups (broad SMARTS) is 1. The summed E-state index contributed by atoms with van der Waals surface area (Å²) in [5, 5.41) is 10.2. The largest absolute Gasteiger partial charge is 0.477 e. The lowest BCUT2D eigenvalue weighted by Crippen LogP contribution is -2.29. The first-order chi connectivity index (χ1) is 12.0. The van der Waals surface area contributed by atoms with Gasteiger partial charge in [0.25, 0.3) is 0 Å². The lowest BCUT2D eigenvalue weighted by molar-refractivity contribution is -0.117. The average Bonchev–Trinajstić information content (AvgIpc) is 3.00. The fraction of sp³-hybridized carbons (Fsp3) is 0.200. The summed E-state index contributed by atoms with van der Waals surface area (Å²) in [7, 11) is 1.73. The first-order valence-corrected chi connectivity index (χ1v) is 8.20. The number of aromatic amines is 1. The molecule has 1 amide bonds. The molecule has 3 aromatic rings. The van der Waals surface area contributed by atoms with Crippen molar-refractivity contribution in [3.63, 3.8) is 0 Å². The maximum Gasteiger partial charge on any atom is 0.352 e. The van der Waals surface area contributed by atoms with Crippen molar-refractivity contribution in [2.24, 2.45) is 0 Å². The summed E-state index contributed by atoms with van der Waals surface area (Å²) >= 11 is 0. The molecule has 0 aliphatic rings. The molecule has 128 valence electrons. The van der Waals surface area contributed by atoms with Crippen molar-refractivity contribution >= 4 is 28.5 Å². The summed E-state index contributed by atoms with van der Waals surface area (Å²) in [5.74, 6) is -1.20.